The quantitative estimate of drug-likeness (QED) is 0.853. The van der Waals surface area contributed by atoms with E-state index < -0.39 is 0 Å². The minimum atomic E-state index is -0.00911. The molecular formula is C13H16N4O2. The van der Waals surface area contributed by atoms with Gasteiger partial charge in [0, 0.05) is 12.3 Å². The van der Waals surface area contributed by atoms with Crippen LogP contribution in [0.4, 0.5) is 5.82 Å². The molecule has 2 rings (SSSR count). The van der Waals surface area contributed by atoms with Crippen molar-refractivity contribution in [2.45, 2.75) is 13.0 Å². The Morgan fingerprint density at radius 3 is 3.00 bits per heavy atom. The van der Waals surface area contributed by atoms with E-state index in [9.17, 15) is 0 Å². The van der Waals surface area contributed by atoms with Gasteiger partial charge in [-0.3, -0.25) is 4.98 Å². The van der Waals surface area contributed by atoms with Crippen molar-refractivity contribution in [3.05, 3.63) is 36.9 Å². The Hall–Kier alpha value is -2.37. The summed E-state index contributed by atoms with van der Waals surface area (Å²) in [6, 6.07) is 5.44. The molecule has 0 aromatic carbocycles. The minimum absolute atomic E-state index is 0.00911. The van der Waals surface area contributed by atoms with Crippen LogP contribution in [0.3, 0.4) is 0 Å². The Kier molecular flexibility index (Phi) is 4.49. The summed E-state index contributed by atoms with van der Waals surface area (Å²) in [6.45, 7) is 2.59. The highest BCUT2D eigenvalue weighted by Gasteiger charge is 2.05. The van der Waals surface area contributed by atoms with Crippen LogP contribution in [-0.2, 0) is 0 Å². The summed E-state index contributed by atoms with van der Waals surface area (Å²) < 4.78 is 10.7. The van der Waals surface area contributed by atoms with E-state index in [-0.39, 0.29) is 6.10 Å². The third kappa shape index (κ3) is 4.09. The van der Waals surface area contributed by atoms with Crippen molar-refractivity contribution in [2.75, 3.05) is 19.0 Å². The molecule has 0 saturated carbocycles. The van der Waals surface area contributed by atoms with Gasteiger partial charge in [0.1, 0.15) is 24.0 Å². The first-order valence-corrected chi connectivity index (χ1v) is 5.94. The van der Waals surface area contributed by atoms with E-state index >= 15 is 0 Å². The molecule has 0 aliphatic carbocycles. The first-order chi connectivity index (χ1) is 9.28. The van der Waals surface area contributed by atoms with E-state index in [4.69, 9.17) is 9.47 Å². The van der Waals surface area contributed by atoms with Crippen molar-refractivity contribution in [2.24, 2.45) is 0 Å². The van der Waals surface area contributed by atoms with Gasteiger partial charge < -0.3 is 14.8 Å². The SMILES string of the molecule is COc1cc(NCC(C)Oc2cccnc2)ncn1. The molecule has 1 N–H and O–H groups in total. The van der Waals surface area contributed by atoms with Gasteiger partial charge in [-0.15, -0.1) is 0 Å². The summed E-state index contributed by atoms with van der Waals surface area (Å²) in [6.07, 6.45) is 4.84. The van der Waals surface area contributed by atoms with Crippen molar-refractivity contribution in [3.63, 3.8) is 0 Å². The fraction of sp³-hybridized carbons (Fsp3) is 0.308. The molecule has 1 atom stereocenters. The minimum Gasteiger partial charge on any atom is -0.487 e. The Balaban J connectivity index is 1.84. The molecule has 100 valence electrons. The summed E-state index contributed by atoms with van der Waals surface area (Å²) in [7, 11) is 1.57. The van der Waals surface area contributed by atoms with E-state index in [0.717, 1.165) is 5.75 Å². The lowest BCUT2D eigenvalue weighted by molar-refractivity contribution is 0.233. The number of methoxy groups -OCH3 is 1. The standard InChI is InChI=1S/C13H16N4O2/c1-10(19-11-4-3-5-14-8-11)7-15-12-6-13(18-2)17-9-16-12/h3-6,8-10H,7H2,1-2H3,(H,15,16,17). The summed E-state index contributed by atoms with van der Waals surface area (Å²) in [5.41, 5.74) is 0. The van der Waals surface area contributed by atoms with Crippen LogP contribution in [0.25, 0.3) is 0 Å². The van der Waals surface area contributed by atoms with Gasteiger partial charge in [-0.05, 0) is 19.1 Å². The Labute approximate surface area is 111 Å². The average molecular weight is 260 g/mol. The van der Waals surface area contributed by atoms with Gasteiger partial charge in [-0.25, -0.2) is 9.97 Å². The van der Waals surface area contributed by atoms with Crippen LogP contribution in [-0.4, -0.2) is 34.7 Å². The van der Waals surface area contributed by atoms with E-state index in [2.05, 4.69) is 20.3 Å². The predicted octanol–water partition coefficient (Wildman–Crippen LogP) is 1.76. The first kappa shape index (κ1) is 13.1. The van der Waals surface area contributed by atoms with Crippen molar-refractivity contribution in [1.82, 2.24) is 15.0 Å². The van der Waals surface area contributed by atoms with Gasteiger partial charge in [-0.2, -0.15) is 0 Å². The van der Waals surface area contributed by atoms with Crippen molar-refractivity contribution < 1.29 is 9.47 Å². The lowest BCUT2D eigenvalue weighted by atomic mass is 10.4. The van der Waals surface area contributed by atoms with Gasteiger partial charge >= 0.3 is 0 Å². The highest BCUT2D eigenvalue weighted by Crippen LogP contribution is 2.12. The number of nitrogens with zero attached hydrogens (tertiary/aromatic N) is 3. The van der Waals surface area contributed by atoms with Gasteiger partial charge in [0.05, 0.1) is 19.9 Å². The molecule has 0 bridgehead atoms. The Morgan fingerprint density at radius 1 is 1.37 bits per heavy atom. The molecule has 0 fully saturated rings. The van der Waals surface area contributed by atoms with Crippen LogP contribution in [0, 0.1) is 0 Å². The fourth-order valence-electron chi connectivity index (χ4n) is 1.49. The molecule has 0 amide bonds. The molecule has 0 spiro atoms. The fourth-order valence-corrected chi connectivity index (χ4v) is 1.49. The molecule has 1 unspecified atom stereocenters. The van der Waals surface area contributed by atoms with Gasteiger partial charge in [0.25, 0.3) is 0 Å². The number of nitrogens with one attached hydrogen (secondary N) is 1. The molecule has 2 heterocycles. The third-order valence-electron chi connectivity index (χ3n) is 2.39. The predicted molar refractivity (Wildman–Crippen MR) is 71.4 cm³/mol. The zero-order valence-electron chi connectivity index (χ0n) is 10.9. The normalized spacial score (nSPS) is 11.7. The number of pyridine rings is 1. The molecule has 6 nitrogen and oxygen atoms in total. The van der Waals surface area contributed by atoms with Crippen molar-refractivity contribution in [3.8, 4) is 11.6 Å². The molecule has 0 aliphatic rings. The molecular weight excluding hydrogens is 244 g/mol. The van der Waals surface area contributed by atoms with Crippen LogP contribution in [0.5, 0.6) is 11.6 Å². The molecule has 0 radical (unpaired) electrons. The molecule has 2 aromatic rings. The number of aromatic nitrogens is 3. The maximum atomic E-state index is 5.69. The smallest absolute Gasteiger partial charge is 0.218 e. The van der Waals surface area contributed by atoms with E-state index in [1.807, 2.05) is 19.1 Å². The topological polar surface area (TPSA) is 69.2 Å². The number of hydrogen-bond donors (Lipinski definition) is 1. The molecule has 2 aromatic heterocycles. The van der Waals surface area contributed by atoms with Gasteiger partial charge in [0.15, 0.2) is 0 Å². The maximum absolute atomic E-state index is 5.69. The molecule has 19 heavy (non-hydrogen) atoms. The summed E-state index contributed by atoms with van der Waals surface area (Å²) in [5, 5.41) is 3.16. The number of anilines is 1. The number of ether oxygens (including phenoxy) is 2. The largest absolute Gasteiger partial charge is 0.487 e. The first-order valence-electron chi connectivity index (χ1n) is 5.94. The third-order valence-corrected chi connectivity index (χ3v) is 2.39. The summed E-state index contributed by atoms with van der Waals surface area (Å²) >= 11 is 0. The molecule has 0 saturated heterocycles. The number of rotatable bonds is 6. The van der Waals surface area contributed by atoms with Gasteiger partial charge in [-0.1, -0.05) is 0 Å². The van der Waals surface area contributed by atoms with E-state index in [1.165, 1.54) is 6.33 Å². The second-order valence-electron chi connectivity index (χ2n) is 3.94. The Morgan fingerprint density at radius 2 is 2.26 bits per heavy atom. The van der Waals surface area contributed by atoms with Crippen LogP contribution in [0.1, 0.15) is 6.92 Å². The van der Waals surface area contributed by atoms with Crippen LogP contribution < -0.4 is 14.8 Å². The molecule has 0 aliphatic heterocycles. The highest BCUT2D eigenvalue weighted by atomic mass is 16.5. The second-order valence-corrected chi connectivity index (χ2v) is 3.94. The molecule has 6 heteroatoms. The van der Waals surface area contributed by atoms with Crippen molar-refractivity contribution in [1.29, 1.82) is 0 Å². The van der Waals surface area contributed by atoms with Gasteiger partial charge in [0.2, 0.25) is 5.88 Å². The number of hydrogen-bond acceptors (Lipinski definition) is 6. The maximum Gasteiger partial charge on any atom is 0.218 e. The van der Waals surface area contributed by atoms with Crippen molar-refractivity contribution >= 4 is 5.82 Å². The zero-order valence-corrected chi connectivity index (χ0v) is 10.9. The lowest BCUT2D eigenvalue weighted by Gasteiger charge is -2.15. The van der Waals surface area contributed by atoms with Crippen LogP contribution in [0.2, 0.25) is 0 Å². The second kappa shape index (κ2) is 6.53. The monoisotopic (exact) mass is 260 g/mol. The zero-order chi connectivity index (χ0) is 13.5. The lowest BCUT2D eigenvalue weighted by Crippen LogP contribution is -2.23. The summed E-state index contributed by atoms with van der Waals surface area (Å²) in [4.78, 5) is 12.0. The Bertz CT molecular complexity index is 507. The summed E-state index contributed by atoms with van der Waals surface area (Å²) in [5.74, 6) is 1.98. The average Bonchev–Trinajstić information content (AvgIpc) is 2.46. The van der Waals surface area contributed by atoms with Crippen LogP contribution >= 0.6 is 0 Å². The van der Waals surface area contributed by atoms with Crippen LogP contribution in [0.15, 0.2) is 36.9 Å². The van der Waals surface area contributed by atoms with E-state index in [0.29, 0.717) is 18.2 Å². The van der Waals surface area contributed by atoms with E-state index in [1.54, 1.807) is 25.6 Å². The highest BCUT2D eigenvalue weighted by molar-refractivity contribution is 5.37.